The fraction of sp³-hybridized carbons (Fsp3) is 0.304. The molecule has 0 N–H and O–H groups in total. The van der Waals surface area contributed by atoms with Gasteiger partial charge in [0.2, 0.25) is 0 Å². The third-order valence-electron chi connectivity index (χ3n) is 5.73. The summed E-state index contributed by atoms with van der Waals surface area (Å²) < 4.78 is 5.87. The van der Waals surface area contributed by atoms with E-state index in [1.807, 2.05) is 0 Å². The van der Waals surface area contributed by atoms with E-state index in [2.05, 4.69) is 71.6 Å². The van der Waals surface area contributed by atoms with Gasteiger partial charge in [0.05, 0.1) is 19.3 Å². The van der Waals surface area contributed by atoms with Gasteiger partial charge in [0, 0.05) is 12.6 Å². The van der Waals surface area contributed by atoms with Crippen molar-refractivity contribution in [3.8, 4) is 0 Å². The third-order valence-corrected chi connectivity index (χ3v) is 5.73. The summed E-state index contributed by atoms with van der Waals surface area (Å²) in [5.41, 5.74) is 7.30. The second-order valence-corrected chi connectivity index (χ2v) is 7.36. The fourth-order valence-corrected chi connectivity index (χ4v) is 4.43. The van der Waals surface area contributed by atoms with E-state index in [1.54, 1.807) is 5.57 Å². The molecular formula is C23H23NO. The Kier molecular flexibility index (Phi) is 3.80. The normalized spacial score (nSPS) is 25.3. The Morgan fingerprint density at radius 2 is 1.76 bits per heavy atom. The van der Waals surface area contributed by atoms with Gasteiger partial charge in [0.15, 0.2) is 0 Å². The van der Waals surface area contributed by atoms with E-state index < -0.39 is 0 Å². The molecule has 1 aliphatic carbocycles. The molecule has 3 aliphatic rings. The summed E-state index contributed by atoms with van der Waals surface area (Å²) in [5, 5.41) is 0. The lowest BCUT2D eigenvalue weighted by atomic mass is 9.88. The molecule has 5 rings (SSSR count). The highest BCUT2D eigenvalue weighted by Crippen LogP contribution is 2.36. The summed E-state index contributed by atoms with van der Waals surface area (Å²) in [6.45, 7) is 2.68. The van der Waals surface area contributed by atoms with Gasteiger partial charge in [-0.15, -0.1) is 0 Å². The summed E-state index contributed by atoms with van der Waals surface area (Å²) in [6, 6.07) is 20.5. The van der Waals surface area contributed by atoms with Gasteiger partial charge >= 0.3 is 0 Å². The SMILES string of the molecule is C1=C(C2=CC3COCC(C2)N3Cc2ccccc2)Cc2ccccc21. The highest BCUT2D eigenvalue weighted by Gasteiger charge is 2.35. The highest BCUT2D eigenvalue weighted by molar-refractivity contribution is 5.68. The van der Waals surface area contributed by atoms with E-state index in [1.165, 1.54) is 22.3 Å². The van der Waals surface area contributed by atoms with Crippen molar-refractivity contribution in [3.05, 3.63) is 88.5 Å². The Morgan fingerprint density at radius 3 is 2.60 bits per heavy atom. The van der Waals surface area contributed by atoms with Crippen LogP contribution in [0, 0.1) is 0 Å². The molecule has 2 unspecified atom stereocenters. The molecule has 2 nitrogen and oxygen atoms in total. The van der Waals surface area contributed by atoms with Crippen LogP contribution in [0.15, 0.2) is 71.8 Å². The second kappa shape index (κ2) is 6.29. The molecule has 0 saturated carbocycles. The van der Waals surface area contributed by atoms with Gasteiger partial charge in [-0.1, -0.05) is 66.7 Å². The molecule has 2 heteroatoms. The van der Waals surface area contributed by atoms with Crippen LogP contribution in [0.25, 0.3) is 6.08 Å². The third kappa shape index (κ3) is 2.86. The monoisotopic (exact) mass is 329 g/mol. The van der Waals surface area contributed by atoms with Gasteiger partial charge < -0.3 is 4.74 Å². The van der Waals surface area contributed by atoms with Crippen LogP contribution >= 0.6 is 0 Å². The van der Waals surface area contributed by atoms with Crippen molar-refractivity contribution in [1.29, 1.82) is 0 Å². The minimum atomic E-state index is 0.396. The Hall–Kier alpha value is -2.16. The van der Waals surface area contributed by atoms with Crippen molar-refractivity contribution in [3.63, 3.8) is 0 Å². The molecule has 0 radical (unpaired) electrons. The topological polar surface area (TPSA) is 12.5 Å². The number of hydrogen-bond acceptors (Lipinski definition) is 2. The molecule has 25 heavy (non-hydrogen) atoms. The Morgan fingerprint density at radius 1 is 0.920 bits per heavy atom. The number of nitrogens with zero attached hydrogens (tertiary/aromatic N) is 1. The molecule has 2 aromatic rings. The van der Waals surface area contributed by atoms with E-state index in [0.717, 1.165) is 32.6 Å². The van der Waals surface area contributed by atoms with E-state index in [-0.39, 0.29) is 0 Å². The maximum Gasteiger partial charge on any atom is 0.0658 e. The van der Waals surface area contributed by atoms with Gasteiger partial charge in [-0.25, -0.2) is 0 Å². The number of hydrogen-bond donors (Lipinski definition) is 0. The minimum Gasteiger partial charge on any atom is -0.378 e. The maximum absolute atomic E-state index is 5.87. The van der Waals surface area contributed by atoms with Crippen molar-refractivity contribution in [2.24, 2.45) is 0 Å². The van der Waals surface area contributed by atoms with Crippen molar-refractivity contribution < 1.29 is 4.74 Å². The summed E-state index contributed by atoms with van der Waals surface area (Å²) in [4.78, 5) is 2.63. The smallest absolute Gasteiger partial charge is 0.0658 e. The number of benzene rings is 2. The van der Waals surface area contributed by atoms with E-state index in [9.17, 15) is 0 Å². The number of ether oxygens (including phenoxy) is 1. The van der Waals surface area contributed by atoms with Gasteiger partial charge in [-0.2, -0.15) is 0 Å². The molecule has 0 aromatic heterocycles. The average Bonchev–Trinajstić information content (AvgIpc) is 3.06. The lowest BCUT2D eigenvalue weighted by Crippen LogP contribution is -2.53. The van der Waals surface area contributed by atoms with Crippen LogP contribution in [-0.4, -0.2) is 30.2 Å². The van der Waals surface area contributed by atoms with Crippen LogP contribution in [0.3, 0.4) is 0 Å². The number of rotatable bonds is 3. The van der Waals surface area contributed by atoms with E-state index in [0.29, 0.717) is 12.1 Å². The van der Waals surface area contributed by atoms with Gasteiger partial charge in [0.1, 0.15) is 0 Å². The zero-order valence-corrected chi connectivity index (χ0v) is 14.4. The summed E-state index contributed by atoms with van der Waals surface area (Å²) in [5.74, 6) is 0. The molecule has 2 aliphatic heterocycles. The largest absolute Gasteiger partial charge is 0.378 e. The van der Waals surface area contributed by atoms with E-state index >= 15 is 0 Å². The average molecular weight is 329 g/mol. The van der Waals surface area contributed by atoms with Crippen LogP contribution < -0.4 is 0 Å². The Labute approximate surface area is 149 Å². The lowest BCUT2D eigenvalue weighted by Gasteiger charge is -2.45. The zero-order chi connectivity index (χ0) is 16.6. The Bertz CT molecular complexity index is 836. The predicted octanol–water partition coefficient (Wildman–Crippen LogP) is 4.23. The summed E-state index contributed by atoms with van der Waals surface area (Å²) in [6.07, 6.45) is 7.05. The standard InChI is InChI=1S/C23H23NO/c1-2-6-17(7-3-1)14-24-22-12-21(13-23(24)16-25-15-22)20-10-18-8-4-5-9-19(18)11-20/h1-10,12,22-23H,11,13-16H2. The molecular weight excluding hydrogens is 306 g/mol. The zero-order valence-electron chi connectivity index (χ0n) is 14.4. The molecule has 126 valence electrons. The minimum absolute atomic E-state index is 0.396. The van der Waals surface area contributed by atoms with Crippen molar-refractivity contribution in [2.45, 2.75) is 31.5 Å². The second-order valence-electron chi connectivity index (χ2n) is 7.36. The van der Waals surface area contributed by atoms with Crippen molar-refractivity contribution >= 4 is 6.08 Å². The molecule has 2 atom stereocenters. The lowest BCUT2D eigenvalue weighted by molar-refractivity contribution is -0.0434. The molecule has 2 bridgehead atoms. The Balaban J connectivity index is 1.40. The first kappa shape index (κ1) is 15.1. The van der Waals surface area contributed by atoms with Gasteiger partial charge in [-0.05, 0) is 40.7 Å². The van der Waals surface area contributed by atoms with Crippen LogP contribution in [-0.2, 0) is 17.7 Å². The molecule has 2 heterocycles. The van der Waals surface area contributed by atoms with Gasteiger partial charge in [-0.3, -0.25) is 4.90 Å². The molecule has 1 saturated heterocycles. The van der Waals surface area contributed by atoms with Gasteiger partial charge in [0.25, 0.3) is 0 Å². The molecule has 0 amide bonds. The predicted molar refractivity (Wildman–Crippen MR) is 101 cm³/mol. The molecule has 0 spiro atoms. The number of fused-ring (bicyclic) bond motifs is 3. The van der Waals surface area contributed by atoms with Crippen molar-refractivity contribution in [1.82, 2.24) is 4.90 Å². The fourth-order valence-electron chi connectivity index (χ4n) is 4.43. The number of allylic oxidation sites excluding steroid dienone is 1. The number of morpholine rings is 1. The maximum atomic E-state index is 5.87. The summed E-state index contributed by atoms with van der Waals surface area (Å²) in [7, 11) is 0. The highest BCUT2D eigenvalue weighted by atomic mass is 16.5. The van der Waals surface area contributed by atoms with E-state index in [4.69, 9.17) is 4.74 Å². The summed E-state index contributed by atoms with van der Waals surface area (Å²) >= 11 is 0. The van der Waals surface area contributed by atoms with Crippen LogP contribution in [0.5, 0.6) is 0 Å². The van der Waals surface area contributed by atoms with Crippen LogP contribution in [0.2, 0.25) is 0 Å². The first-order chi connectivity index (χ1) is 12.4. The quantitative estimate of drug-likeness (QED) is 0.836. The molecule has 2 aromatic carbocycles. The van der Waals surface area contributed by atoms with Crippen molar-refractivity contribution in [2.75, 3.05) is 13.2 Å². The van der Waals surface area contributed by atoms with Crippen LogP contribution in [0.4, 0.5) is 0 Å². The first-order valence-corrected chi connectivity index (χ1v) is 9.24. The van der Waals surface area contributed by atoms with Crippen LogP contribution in [0.1, 0.15) is 23.1 Å². The first-order valence-electron chi connectivity index (χ1n) is 9.24. The molecule has 1 fully saturated rings.